The molecule has 140 valence electrons. The molecule has 1 N–H and O–H groups in total. The first kappa shape index (κ1) is 19.1. The van der Waals surface area contributed by atoms with Crippen LogP contribution in [0.4, 0.5) is 5.82 Å². The van der Waals surface area contributed by atoms with Gasteiger partial charge in [-0.05, 0) is 38.1 Å². The summed E-state index contributed by atoms with van der Waals surface area (Å²) in [5.41, 5.74) is 2.17. The minimum absolute atomic E-state index is 0.150. The highest BCUT2D eigenvalue weighted by Crippen LogP contribution is 2.25. The number of amides is 1. The zero-order valence-electron chi connectivity index (χ0n) is 14.5. The first-order valence-corrected chi connectivity index (χ1v) is 8.77. The average Bonchev–Trinajstić information content (AvgIpc) is 3.06. The number of esters is 1. The lowest BCUT2D eigenvalue weighted by atomic mass is 10.2. The number of nitrogens with one attached hydrogen (secondary N) is 1. The Morgan fingerprint density at radius 1 is 1.22 bits per heavy atom. The molecule has 0 saturated heterocycles. The number of halogens is 2. The van der Waals surface area contributed by atoms with Crippen LogP contribution in [0.15, 0.2) is 24.3 Å². The molecular formula is C17H15Cl2N5O3. The monoisotopic (exact) mass is 407 g/mol. The van der Waals surface area contributed by atoms with E-state index in [0.29, 0.717) is 22.8 Å². The summed E-state index contributed by atoms with van der Waals surface area (Å²) >= 11 is 11.9. The Labute approximate surface area is 164 Å². The summed E-state index contributed by atoms with van der Waals surface area (Å²) in [6.45, 7) is 3.80. The van der Waals surface area contributed by atoms with Crippen LogP contribution in [-0.2, 0) is 16.1 Å². The molecule has 1 amide bonds. The molecule has 3 aromatic rings. The molecule has 0 aliphatic rings. The van der Waals surface area contributed by atoms with Crippen LogP contribution < -0.4 is 5.32 Å². The molecule has 8 nitrogen and oxygen atoms in total. The van der Waals surface area contributed by atoms with Gasteiger partial charge in [0.2, 0.25) is 0 Å². The Bertz CT molecular complexity index is 1030. The Morgan fingerprint density at radius 3 is 2.74 bits per heavy atom. The Morgan fingerprint density at radius 2 is 2.00 bits per heavy atom. The van der Waals surface area contributed by atoms with Gasteiger partial charge in [0.15, 0.2) is 12.4 Å². The van der Waals surface area contributed by atoms with Gasteiger partial charge in [-0.3, -0.25) is 4.79 Å². The van der Waals surface area contributed by atoms with Gasteiger partial charge in [-0.1, -0.05) is 28.4 Å². The number of anilines is 1. The number of fused-ring (bicyclic) bond motifs is 1. The van der Waals surface area contributed by atoms with E-state index < -0.39 is 18.5 Å². The summed E-state index contributed by atoms with van der Waals surface area (Å²) < 4.78 is 6.75. The third-order valence-corrected chi connectivity index (χ3v) is 4.42. The van der Waals surface area contributed by atoms with Gasteiger partial charge in [-0.15, -0.1) is 5.10 Å². The van der Waals surface area contributed by atoms with Gasteiger partial charge in [0.25, 0.3) is 5.91 Å². The number of benzene rings is 1. The van der Waals surface area contributed by atoms with E-state index in [1.54, 1.807) is 29.8 Å². The SMILES string of the molecule is CCn1nnc2cc(C(=O)OCC(=O)Nc3nc(C)c(Cl)cc3Cl)ccc21. The molecule has 0 radical (unpaired) electrons. The number of ether oxygens (including phenoxy) is 1. The molecule has 1 aromatic carbocycles. The lowest BCUT2D eigenvalue weighted by molar-refractivity contribution is -0.119. The minimum Gasteiger partial charge on any atom is -0.452 e. The molecule has 27 heavy (non-hydrogen) atoms. The van der Waals surface area contributed by atoms with Crippen LogP contribution in [-0.4, -0.2) is 38.5 Å². The van der Waals surface area contributed by atoms with Crippen molar-refractivity contribution < 1.29 is 14.3 Å². The predicted molar refractivity (Wildman–Crippen MR) is 101 cm³/mol. The fourth-order valence-corrected chi connectivity index (χ4v) is 2.77. The summed E-state index contributed by atoms with van der Waals surface area (Å²) in [7, 11) is 0. The Hall–Kier alpha value is -2.71. The van der Waals surface area contributed by atoms with Crippen LogP contribution >= 0.6 is 23.2 Å². The van der Waals surface area contributed by atoms with Crippen molar-refractivity contribution in [2.75, 3.05) is 11.9 Å². The second-order valence-corrected chi connectivity index (χ2v) is 6.43. The summed E-state index contributed by atoms with van der Waals surface area (Å²) in [5.74, 6) is -1.07. The van der Waals surface area contributed by atoms with E-state index >= 15 is 0 Å². The molecule has 0 spiro atoms. The summed E-state index contributed by atoms with van der Waals surface area (Å²) in [6.07, 6.45) is 0. The van der Waals surface area contributed by atoms with E-state index in [2.05, 4.69) is 20.6 Å². The molecule has 0 aliphatic heterocycles. The van der Waals surface area contributed by atoms with E-state index in [1.165, 1.54) is 6.07 Å². The molecule has 3 rings (SSSR count). The predicted octanol–water partition coefficient (Wildman–Crippen LogP) is 3.26. The molecule has 0 bridgehead atoms. The molecule has 0 fully saturated rings. The second-order valence-electron chi connectivity index (χ2n) is 5.62. The maximum absolute atomic E-state index is 12.2. The zero-order chi connectivity index (χ0) is 19.6. The van der Waals surface area contributed by atoms with E-state index in [9.17, 15) is 9.59 Å². The maximum atomic E-state index is 12.2. The molecule has 0 saturated carbocycles. The van der Waals surface area contributed by atoms with E-state index in [-0.39, 0.29) is 16.4 Å². The quantitative estimate of drug-likeness (QED) is 0.651. The van der Waals surface area contributed by atoms with Crippen LogP contribution in [0.3, 0.4) is 0 Å². The smallest absolute Gasteiger partial charge is 0.338 e. The van der Waals surface area contributed by atoms with Crippen molar-refractivity contribution in [3.8, 4) is 0 Å². The summed E-state index contributed by atoms with van der Waals surface area (Å²) in [6, 6.07) is 6.37. The Balaban J connectivity index is 1.63. The lowest BCUT2D eigenvalue weighted by Gasteiger charge is -2.09. The average molecular weight is 408 g/mol. The topological polar surface area (TPSA) is 99.0 Å². The van der Waals surface area contributed by atoms with Gasteiger partial charge in [0.05, 0.1) is 26.8 Å². The van der Waals surface area contributed by atoms with E-state index in [0.717, 1.165) is 5.52 Å². The highest BCUT2D eigenvalue weighted by Gasteiger charge is 2.15. The number of aromatic nitrogens is 4. The molecule has 2 heterocycles. The molecule has 2 aromatic heterocycles. The largest absolute Gasteiger partial charge is 0.452 e. The van der Waals surface area contributed by atoms with Crippen molar-refractivity contribution in [2.45, 2.75) is 20.4 Å². The van der Waals surface area contributed by atoms with Crippen molar-refractivity contribution in [2.24, 2.45) is 0 Å². The number of hydrogen-bond acceptors (Lipinski definition) is 6. The van der Waals surface area contributed by atoms with Gasteiger partial charge >= 0.3 is 5.97 Å². The number of pyridine rings is 1. The second kappa shape index (κ2) is 7.89. The summed E-state index contributed by atoms with van der Waals surface area (Å²) in [4.78, 5) is 28.3. The fourth-order valence-electron chi connectivity index (χ4n) is 2.36. The van der Waals surface area contributed by atoms with E-state index in [1.807, 2.05) is 6.92 Å². The maximum Gasteiger partial charge on any atom is 0.338 e. The van der Waals surface area contributed by atoms with Crippen LogP contribution in [0.25, 0.3) is 11.0 Å². The number of carbonyl (C=O) groups is 2. The first-order chi connectivity index (χ1) is 12.9. The lowest BCUT2D eigenvalue weighted by Crippen LogP contribution is -2.21. The third-order valence-electron chi connectivity index (χ3n) is 3.75. The number of aryl methyl sites for hydroxylation is 2. The van der Waals surface area contributed by atoms with Gasteiger partial charge in [0, 0.05) is 6.54 Å². The van der Waals surface area contributed by atoms with Crippen LogP contribution in [0.1, 0.15) is 23.0 Å². The van der Waals surface area contributed by atoms with Crippen LogP contribution in [0.2, 0.25) is 10.0 Å². The molecular weight excluding hydrogens is 393 g/mol. The highest BCUT2D eigenvalue weighted by atomic mass is 35.5. The summed E-state index contributed by atoms with van der Waals surface area (Å²) in [5, 5.41) is 11.0. The zero-order valence-corrected chi connectivity index (χ0v) is 16.0. The van der Waals surface area contributed by atoms with Crippen molar-refractivity contribution >= 4 is 51.9 Å². The Kier molecular flexibility index (Phi) is 5.57. The van der Waals surface area contributed by atoms with Crippen molar-refractivity contribution in [1.82, 2.24) is 20.0 Å². The van der Waals surface area contributed by atoms with Crippen molar-refractivity contribution in [1.29, 1.82) is 0 Å². The van der Waals surface area contributed by atoms with Crippen LogP contribution in [0.5, 0.6) is 0 Å². The molecule has 0 atom stereocenters. The molecule has 0 aliphatic carbocycles. The number of rotatable bonds is 5. The molecule has 0 unspecified atom stereocenters. The van der Waals surface area contributed by atoms with Crippen molar-refractivity contribution in [3.05, 3.63) is 45.6 Å². The third kappa shape index (κ3) is 4.17. The first-order valence-electron chi connectivity index (χ1n) is 8.02. The highest BCUT2D eigenvalue weighted by molar-refractivity contribution is 6.36. The van der Waals surface area contributed by atoms with Gasteiger partial charge in [0.1, 0.15) is 5.52 Å². The minimum atomic E-state index is -0.649. The van der Waals surface area contributed by atoms with E-state index in [4.69, 9.17) is 27.9 Å². The number of carbonyl (C=O) groups excluding carboxylic acids is 2. The standard InChI is InChI=1S/C17H15Cl2N5O3/c1-3-24-14-5-4-10(6-13(14)22-23-24)17(26)27-8-15(25)21-16-12(19)7-11(18)9(2)20-16/h4-7H,3,8H2,1-2H3,(H,20,21,25). The van der Waals surface area contributed by atoms with Crippen LogP contribution in [0, 0.1) is 6.92 Å². The van der Waals surface area contributed by atoms with Gasteiger partial charge < -0.3 is 10.1 Å². The molecule has 10 heteroatoms. The number of nitrogens with zero attached hydrogens (tertiary/aromatic N) is 4. The normalized spacial score (nSPS) is 10.8. The van der Waals surface area contributed by atoms with Gasteiger partial charge in [-0.25, -0.2) is 14.5 Å². The van der Waals surface area contributed by atoms with Gasteiger partial charge in [-0.2, -0.15) is 0 Å². The number of hydrogen-bond donors (Lipinski definition) is 1. The van der Waals surface area contributed by atoms with Crippen molar-refractivity contribution in [3.63, 3.8) is 0 Å². The fraction of sp³-hybridized carbons (Fsp3) is 0.235.